The first-order chi connectivity index (χ1) is 7.09. The summed E-state index contributed by atoms with van der Waals surface area (Å²) >= 11 is 0. The number of rotatable bonds is 1. The highest BCUT2D eigenvalue weighted by Gasteiger charge is 2.09. The van der Waals surface area contributed by atoms with Crippen molar-refractivity contribution in [1.82, 2.24) is 4.98 Å². The van der Waals surface area contributed by atoms with Gasteiger partial charge in [-0.1, -0.05) is 26.0 Å². The molecule has 2 nitrogen and oxygen atoms in total. The fraction of sp³-hybridized carbons (Fsp3) is 0.250. The minimum Gasteiger partial charge on any atom is -0.398 e. The highest BCUT2D eigenvalue weighted by atomic mass is 19.1. The van der Waals surface area contributed by atoms with Gasteiger partial charge in [0.05, 0.1) is 0 Å². The van der Waals surface area contributed by atoms with Crippen LogP contribution in [0.15, 0.2) is 24.3 Å². The number of nitrogen functional groups attached to an aromatic ring is 1. The molecule has 0 amide bonds. The second-order valence-electron chi connectivity index (χ2n) is 3.93. The lowest BCUT2D eigenvalue weighted by Gasteiger charge is -2.09. The summed E-state index contributed by atoms with van der Waals surface area (Å²) < 4.78 is 13.5. The zero-order chi connectivity index (χ0) is 11.0. The minimum absolute atomic E-state index is 0.247. The largest absolute Gasteiger partial charge is 0.398 e. The molecule has 0 fully saturated rings. The summed E-state index contributed by atoms with van der Waals surface area (Å²) in [4.78, 5) is 4.28. The van der Waals surface area contributed by atoms with Crippen LogP contribution in [0.4, 0.5) is 10.1 Å². The van der Waals surface area contributed by atoms with Crippen LogP contribution in [0.5, 0.6) is 0 Å². The maximum Gasteiger partial charge on any atom is 0.149 e. The molecule has 1 heterocycles. The molecule has 1 aromatic heterocycles. The summed E-state index contributed by atoms with van der Waals surface area (Å²) in [7, 11) is 0. The number of fused-ring (bicyclic) bond motifs is 1. The maximum atomic E-state index is 13.5. The van der Waals surface area contributed by atoms with E-state index in [1.807, 2.05) is 19.9 Å². The molecule has 0 aliphatic heterocycles. The predicted octanol–water partition coefficient (Wildman–Crippen LogP) is 3.08. The van der Waals surface area contributed by atoms with Crippen molar-refractivity contribution in [2.75, 3.05) is 5.73 Å². The van der Waals surface area contributed by atoms with E-state index in [0.717, 1.165) is 5.69 Å². The molecule has 3 heteroatoms. The Hall–Kier alpha value is -1.64. The summed E-state index contributed by atoms with van der Waals surface area (Å²) in [6.45, 7) is 4.02. The van der Waals surface area contributed by atoms with Gasteiger partial charge in [0.25, 0.3) is 0 Å². The van der Waals surface area contributed by atoms with E-state index in [9.17, 15) is 4.39 Å². The molecule has 0 saturated carbocycles. The van der Waals surface area contributed by atoms with Crippen molar-refractivity contribution in [1.29, 1.82) is 0 Å². The van der Waals surface area contributed by atoms with Crippen LogP contribution >= 0.6 is 0 Å². The Morgan fingerprint density at radius 1 is 1.33 bits per heavy atom. The first-order valence-corrected chi connectivity index (χ1v) is 4.94. The monoisotopic (exact) mass is 204 g/mol. The molecule has 2 N–H and O–H groups in total. The zero-order valence-electron chi connectivity index (χ0n) is 8.79. The van der Waals surface area contributed by atoms with E-state index in [-0.39, 0.29) is 11.7 Å². The summed E-state index contributed by atoms with van der Waals surface area (Å²) in [5.74, 6) is -0.0713. The van der Waals surface area contributed by atoms with Crippen molar-refractivity contribution >= 4 is 16.6 Å². The topological polar surface area (TPSA) is 38.9 Å². The lowest BCUT2D eigenvalue weighted by molar-refractivity contribution is 0.635. The SMILES string of the molecule is CC(C)c1cc(N)c2cccc(F)c2n1. The summed E-state index contributed by atoms with van der Waals surface area (Å²) in [6.07, 6.45) is 0. The number of anilines is 1. The van der Waals surface area contributed by atoms with Gasteiger partial charge in [0.2, 0.25) is 0 Å². The van der Waals surface area contributed by atoms with Gasteiger partial charge in [-0.05, 0) is 18.1 Å². The molecule has 2 aromatic rings. The molecule has 15 heavy (non-hydrogen) atoms. The molecule has 0 saturated heterocycles. The molecule has 0 radical (unpaired) electrons. The van der Waals surface area contributed by atoms with E-state index < -0.39 is 0 Å². The normalized spacial score (nSPS) is 11.2. The lowest BCUT2D eigenvalue weighted by atomic mass is 10.1. The van der Waals surface area contributed by atoms with Crippen LogP contribution < -0.4 is 5.73 Å². The highest BCUT2D eigenvalue weighted by molar-refractivity contribution is 5.90. The standard InChI is InChI=1S/C12H13FN2/c1-7(2)11-6-10(14)8-4-3-5-9(13)12(8)15-11/h3-7H,1-2H3,(H2,14,15). The lowest BCUT2D eigenvalue weighted by Crippen LogP contribution is -1.98. The van der Waals surface area contributed by atoms with Crippen molar-refractivity contribution in [3.05, 3.63) is 35.8 Å². The van der Waals surface area contributed by atoms with Crippen molar-refractivity contribution in [3.8, 4) is 0 Å². The Balaban J connectivity index is 2.80. The van der Waals surface area contributed by atoms with E-state index in [1.54, 1.807) is 12.1 Å². The molecule has 1 aromatic carbocycles. The number of para-hydroxylation sites is 1. The van der Waals surface area contributed by atoms with E-state index in [2.05, 4.69) is 4.98 Å². The van der Waals surface area contributed by atoms with Crippen LogP contribution in [-0.4, -0.2) is 4.98 Å². The van der Waals surface area contributed by atoms with Crippen LogP contribution in [0.2, 0.25) is 0 Å². The number of hydrogen-bond donors (Lipinski definition) is 1. The second-order valence-corrected chi connectivity index (χ2v) is 3.93. The Labute approximate surface area is 87.9 Å². The first-order valence-electron chi connectivity index (χ1n) is 4.94. The summed E-state index contributed by atoms with van der Waals surface area (Å²) in [5, 5.41) is 0.680. The molecule has 0 bridgehead atoms. The third kappa shape index (κ3) is 1.65. The number of halogens is 1. The molecule has 0 atom stereocenters. The summed E-state index contributed by atoms with van der Waals surface area (Å²) in [5.41, 5.74) is 7.63. The second kappa shape index (κ2) is 3.50. The number of hydrogen-bond acceptors (Lipinski definition) is 2. The van der Waals surface area contributed by atoms with Crippen LogP contribution in [0.25, 0.3) is 10.9 Å². The third-order valence-electron chi connectivity index (χ3n) is 2.43. The van der Waals surface area contributed by atoms with E-state index in [1.165, 1.54) is 6.07 Å². The van der Waals surface area contributed by atoms with Crippen LogP contribution in [0, 0.1) is 5.82 Å². The Morgan fingerprint density at radius 2 is 2.07 bits per heavy atom. The van der Waals surface area contributed by atoms with Gasteiger partial charge in [-0.15, -0.1) is 0 Å². The van der Waals surface area contributed by atoms with E-state index >= 15 is 0 Å². The fourth-order valence-corrected chi connectivity index (χ4v) is 1.56. The number of benzene rings is 1. The van der Waals surface area contributed by atoms with Gasteiger partial charge >= 0.3 is 0 Å². The van der Waals surface area contributed by atoms with Crippen molar-refractivity contribution in [2.45, 2.75) is 19.8 Å². The zero-order valence-corrected chi connectivity index (χ0v) is 8.79. The molecule has 78 valence electrons. The van der Waals surface area contributed by atoms with Crippen LogP contribution in [-0.2, 0) is 0 Å². The molecular formula is C12H13FN2. The number of pyridine rings is 1. The van der Waals surface area contributed by atoms with Crippen LogP contribution in [0.3, 0.4) is 0 Å². The Bertz CT molecular complexity index is 506. The quantitative estimate of drug-likeness (QED) is 0.775. The molecule has 0 aliphatic rings. The van der Waals surface area contributed by atoms with Gasteiger partial charge in [0.15, 0.2) is 0 Å². The Morgan fingerprint density at radius 3 is 2.73 bits per heavy atom. The van der Waals surface area contributed by atoms with Gasteiger partial charge in [-0.25, -0.2) is 9.37 Å². The van der Waals surface area contributed by atoms with Crippen LogP contribution in [0.1, 0.15) is 25.5 Å². The Kier molecular flexibility index (Phi) is 2.31. The molecule has 2 rings (SSSR count). The smallest absolute Gasteiger partial charge is 0.149 e. The van der Waals surface area contributed by atoms with Crippen molar-refractivity contribution in [2.24, 2.45) is 0 Å². The highest BCUT2D eigenvalue weighted by Crippen LogP contribution is 2.25. The maximum absolute atomic E-state index is 13.5. The molecule has 0 unspecified atom stereocenters. The average molecular weight is 204 g/mol. The fourth-order valence-electron chi connectivity index (χ4n) is 1.56. The minimum atomic E-state index is -0.318. The number of nitrogens with two attached hydrogens (primary N) is 1. The predicted molar refractivity (Wildman–Crippen MR) is 60.2 cm³/mol. The van der Waals surface area contributed by atoms with Gasteiger partial charge in [-0.2, -0.15) is 0 Å². The van der Waals surface area contributed by atoms with E-state index in [4.69, 9.17) is 5.73 Å². The van der Waals surface area contributed by atoms with Gasteiger partial charge < -0.3 is 5.73 Å². The molecular weight excluding hydrogens is 191 g/mol. The number of nitrogens with zero attached hydrogens (tertiary/aromatic N) is 1. The van der Waals surface area contributed by atoms with Gasteiger partial charge in [0.1, 0.15) is 11.3 Å². The first kappa shape index (κ1) is 9.90. The summed E-state index contributed by atoms with van der Waals surface area (Å²) in [6, 6.07) is 6.64. The van der Waals surface area contributed by atoms with Gasteiger partial charge in [0, 0.05) is 16.8 Å². The van der Waals surface area contributed by atoms with Crippen molar-refractivity contribution < 1.29 is 4.39 Å². The van der Waals surface area contributed by atoms with E-state index in [0.29, 0.717) is 16.6 Å². The van der Waals surface area contributed by atoms with Gasteiger partial charge in [-0.3, -0.25) is 0 Å². The molecule has 0 spiro atoms. The number of aromatic nitrogens is 1. The third-order valence-corrected chi connectivity index (χ3v) is 2.43. The molecule has 0 aliphatic carbocycles. The average Bonchev–Trinajstić information content (AvgIpc) is 2.19. The van der Waals surface area contributed by atoms with Crippen molar-refractivity contribution in [3.63, 3.8) is 0 Å².